The summed E-state index contributed by atoms with van der Waals surface area (Å²) in [4.78, 5) is 49.5. The highest BCUT2D eigenvalue weighted by atomic mass is 16.5. The number of imide groups is 1. The van der Waals surface area contributed by atoms with Crippen LogP contribution in [0.15, 0.2) is 34.7 Å². The lowest BCUT2D eigenvalue weighted by atomic mass is 9.92. The Bertz CT molecular complexity index is 788. The molecule has 0 saturated carbocycles. The van der Waals surface area contributed by atoms with Crippen LogP contribution in [0.3, 0.4) is 0 Å². The summed E-state index contributed by atoms with van der Waals surface area (Å²) in [6, 6.07) is 6.83. The number of hydrogen-bond acceptors (Lipinski definition) is 7. The van der Waals surface area contributed by atoms with E-state index < -0.39 is 23.3 Å². The maximum atomic E-state index is 13.0. The number of rotatable bonds is 4. The van der Waals surface area contributed by atoms with E-state index in [1.165, 1.54) is 0 Å². The third-order valence-electron chi connectivity index (χ3n) is 4.23. The Morgan fingerprint density at radius 3 is 2.56 bits per heavy atom. The third-order valence-corrected chi connectivity index (χ3v) is 4.23. The van der Waals surface area contributed by atoms with Gasteiger partial charge in [0.15, 0.2) is 11.3 Å². The molecule has 2 heterocycles. The molecule has 1 fully saturated rings. The number of benzene rings is 1. The van der Waals surface area contributed by atoms with Gasteiger partial charge in [0.25, 0.3) is 5.91 Å². The minimum Gasteiger partial charge on any atom is -0.461 e. The second-order valence-corrected chi connectivity index (χ2v) is 5.89. The fourth-order valence-corrected chi connectivity index (χ4v) is 2.99. The molecule has 0 unspecified atom stereocenters. The van der Waals surface area contributed by atoms with Crippen molar-refractivity contribution in [3.63, 3.8) is 0 Å². The van der Waals surface area contributed by atoms with Gasteiger partial charge in [-0.05, 0) is 26.0 Å². The summed E-state index contributed by atoms with van der Waals surface area (Å²) in [6.07, 6.45) is -0.498. The highest BCUT2D eigenvalue weighted by molar-refractivity contribution is 6.39. The highest BCUT2D eigenvalue weighted by Crippen LogP contribution is 2.40. The molecule has 2 aliphatic heterocycles. The lowest BCUT2D eigenvalue weighted by molar-refractivity contribution is -0.135. The smallest absolute Gasteiger partial charge is 0.354 e. The molecular weight excluding hydrogens is 328 g/mol. The molecule has 130 valence electrons. The molecule has 25 heavy (non-hydrogen) atoms. The average Bonchev–Trinajstić information content (AvgIpc) is 3.07. The van der Waals surface area contributed by atoms with Gasteiger partial charge in [-0.25, -0.2) is 9.69 Å². The lowest BCUT2D eigenvalue weighted by Gasteiger charge is -2.24. The van der Waals surface area contributed by atoms with E-state index >= 15 is 0 Å². The third kappa shape index (κ3) is 2.57. The zero-order valence-electron chi connectivity index (χ0n) is 13.8. The van der Waals surface area contributed by atoms with Crippen molar-refractivity contribution < 1.29 is 19.1 Å². The van der Waals surface area contributed by atoms with Crippen molar-refractivity contribution in [2.75, 3.05) is 11.5 Å². The molecular formula is C16H16N4O5. The van der Waals surface area contributed by atoms with Gasteiger partial charge in [0.1, 0.15) is 0 Å². The fraction of sp³-hybridized carbons (Fsp3) is 0.375. The van der Waals surface area contributed by atoms with E-state index in [2.05, 4.69) is 10.4 Å². The minimum atomic E-state index is -1.61. The van der Waals surface area contributed by atoms with Crippen LogP contribution in [0, 0.1) is 11.8 Å². The molecule has 2 aliphatic rings. The van der Waals surface area contributed by atoms with Crippen molar-refractivity contribution in [3.05, 3.63) is 34.7 Å². The Morgan fingerprint density at radius 2 is 1.96 bits per heavy atom. The van der Waals surface area contributed by atoms with Gasteiger partial charge in [0, 0.05) is 6.42 Å². The number of hydrogen-bond donors (Lipinski definition) is 0. The summed E-state index contributed by atoms with van der Waals surface area (Å²) in [5.41, 5.74) is -0.338. The summed E-state index contributed by atoms with van der Waals surface area (Å²) in [7, 11) is 0. The van der Waals surface area contributed by atoms with Gasteiger partial charge >= 0.3 is 5.97 Å². The van der Waals surface area contributed by atoms with Crippen molar-refractivity contribution in [2.45, 2.75) is 32.2 Å². The molecule has 2 amide bonds. The number of nitroso groups, excluding NO2 is 1. The minimum absolute atomic E-state index is 0.103. The van der Waals surface area contributed by atoms with Gasteiger partial charge in [-0.15, -0.1) is 15.1 Å². The van der Waals surface area contributed by atoms with Gasteiger partial charge in [0.05, 0.1) is 24.0 Å². The molecule has 0 aliphatic carbocycles. The second-order valence-electron chi connectivity index (χ2n) is 5.89. The standard InChI is InChI=1S/C16H16N4O5/c1-3-25-14(22)12-8-16(20(17-12)18-24)9-13(21)19(15(16)23)11-6-4-10(2)5-7-11/h4-7H,3,8-9H2,1-2H3/t16-/m1/s1. The molecule has 1 aromatic rings. The average molecular weight is 344 g/mol. The van der Waals surface area contributed by atoms with Crippen LogP contribution in [0.2, 0.25) is 0 Å². The number of hydrazone groups is 1. The number of anilines is 1. The van der Waals surface area contributed by atoms with E-state index in [4.69, 9.17) is 4.74 Å². The Hall–Kier alpha value is -3.10. The molecule has 3 rings (SSSR count). The van der Waals surface area contributed by atoms with Crippen LogP contribution in [0.4, 0.5) is 5.69 Å². The highest BCUT2D eigenvalue weighted by Gasteiger charge is 2.61. The van der Waals surface area contributed by atoms with Gasteiger partial charge < -0.3 is 4.74 Å². The van der Waals surface area contributed by atoms with Crippen LogP contribution < -0.4 is 4.90 Å². The van der Waals surface area contributed by atoms with Gasteiger partial charge in [-0.3, -0.25) is 9.59 Å². The molecule has 1 aromatic carbocycles. The largest absolute Gasteiger partial charge is 0.461 e. The second kappa shape index (κ2) is 6.08. The zero-order valence-corrected chi connectivity index (χ0v) is 13.8. The number of carbonyl (C=O) groups excluding carboxylic acids is 3. The monoisotopic (exact) mass is 344 g/mol. The van der Waals surface area contributed by atoms with Gasteiger partial charge in [-0.2, -0.15) is 0 Å². The van der Waals surface area contributed by atoms with Crippen LogP contribution in [0.25, 0.3) is 0 Å². The van der Waals surface area contributed by atoms with E-state index in [0.717, 1.165) is 10.5 Å². The van der Waals surface area contributed by atoms with Crippen LogP contribution in [0.1, 0.15) is 25.3 Å². The zero-order chi connectivity index (χ0) is 18.2. The number of nitrogens with zero attached hydrogens (tertiary/aromatic N) is 4. The number of esters is 1. The maximum absolute atomic E-state index is 13.0. The summed E-state index contributed by atoms with van der Waals surface area (Å²) in [6.45, 7) is 3.64. The Morgan fingerprint density at radius 1 is 1.28 bits per heavy atom. The van der Waals surface area contributed by atoms with Crippen LogP contribution in [-0.4, -0.2) is 40.8 Å². The molecule has 1 atom stereocenters. The summed E-state index contributed by atoms with van der Waals surface area (Å²) < 4.78 is 4.86. The number of carbonyl (C=O) groups is 3. The molecule has 0 N–H and O–H groups in total. The van der Waals surface area contributed by atoms with E-state index in [1.807, 2.05) is 6.92 Å². The first-order chi connectivity index (χ1) is 11.9. The molecule has 1 spiro atoms. The first kappa shape index (κ1) is 16.7. The number of ether oxygens (including phenoxy) is 1. The van der Waals surface area contributed by atoms with E-state index in [1.54, 1.807) is 31.2 Å². The molecule has 0 aromatic heterocycles. The topological polar surface area (TPSA) is 109 Å². The van der Waals surface area contributed by atoms with Crippen LogP contribution >= 0.6 is 0 Å². The van der Waals surface area contributed by atoms with Crippen molar-refractivity contribution in [1.29, 1.82) is 0 Å². The molecule has 9 nitrogen and oxygen atoms in total. The van der Waals surface area contributed by atoms with Crippen LogP contribution in [-0.2, 0) is 19.1 Å². The molecule has 0 radical (unpaired) electrons. The quantitative estimate of drug-likeness (QED) is 0.463. The van der Waals surface area contributed by atoms with Crippen molar-refractivity contribution in [3.8, 4) is 0 Å². The van der Waals surface area contributed by atoms with Crippen molar-refractivity contribution in [1.82, 2.24) is 5.12 Å². The molecule has 1 saturated heterocycles. The van der Waals surface area contributed by atoms with E-state index in [-0.39, 0.29) is 25.2 Å². The van der Waals surface area contributed by atoms with E-state index in [9.17, 15) is 19.3 Å². The fourth-order valence-electron chi connectivity index (χ4n) is 2.99. The van der Waals surface area contributed by atoms with Crippen molar-refractivity contribution >= 4 is 29.2 Å². The lowest BCUT2D eigenvalue weighted by Crippen LogP contribution is -2.48. The van der Waals surface area contributed by atoms with Gasteiger partial charge in [-0.1, -0.05) is 17.7 Å². The Kier molecular flexibility index (Phi) is 4.07. The number of amides is 2. The van der Waals surface area contributed by atoms with Crippen LogP contribution in [0.5, 0.6) is 0 Å². The first-order valence-electron chi connectivity index (χ1n) is 7.75. The molecule has 0 bridgehead atoms. The predicted molar refractivity (Wildman–Crippen MR) is 87.3 cm³/mol. The molecule has 9 heteroatoms. The summed E-state index contributed by atoms with van der Waals surface area (Å²) in [5, 5.41) is 7.13. The summed E-state index contributed by atoms with van der Waals surface area (Å²) in [5.74, 6) is -1.85. The Balaban J connectivity index is 1.94. The normalized spacial score (nSPS) is 22.6. The predicted octanol–water partition coefficient (Wildman–Crippen LogP) is 1.30. The van der Waals surface area contributed by atoms with E-state index in [0.29, 0.717) is 10.8 Å². The SMILES string of the molecule is CCOC(=O)C1=NN(N=O)[C@@]2(CC(=O)N(c3ccc(C)cc3)C2=O)C1. The maximum Gasteiger partial charge on any atom is 0.354 e. The first-order valence-corrected chi connectivity index (χ1v) is 7.75. The Labute approximate surface area is 143 Å². The van der Waals surface area contributed by atoms with Gasteiger partial charge in [0.2, 0.25) is 5.91 Å². The van der Waals surface area contributed by atoms with Crippen molar-refractivity contribution in [2.24, 2.45) is 10.4 Å². The summed E-state index contributed by atoms with van der Waals surface area (Å²) >= 11 is 0. The number of aryl methyl sites for hydroxylation is 1.